The van der Waals surface area contributed by atoms with Gasteiger partial charge in [0.05, 0.1) is 25.3 Å². The standard InChI is InChI=1S/C16H20N4O3/c1-23-13-4-2-3-12(7-13)20-6-5-11(9-20)19-16(22)15(21)14-8-17-10-18-14/h2-4,7-8,10-11,15,21H,5-6,9H2,1H3,(H,17,18)(H,19,22). The Bertz CT molecular complexity index is 659. The van der Waals surface area contributed by atoms with Gasteiger partial charge < -0.3 is 25.0 Å². The molecule has 3 N–H and O–H groups in total. The number of benzene rings is 1. The van der Waals surface area contributed by atoms with Crippen LogP contribution in [0.15, 0.2) is 36.8 Å². The molecule has 2 atom stereocenters. The Balaban J connectivity index is 1.58. The van der Waals surface area contributed by atoms with Crippen LogP contribution >= 0.6 is 0 Å². The molecule has 122 valence electrons. The summed E-state index contributed by atoms with van der Waals surface area (Å²) in [5.41, 5.74) is 1.46. The highest BCUT2D eigenvalue weighted by Gasteiger charge is 2.27. The van der Waals surface area contributed by atoms with Crippen LogP contribution in [0, 0.1) is 0 Å². The smallest absolute Gasteiger partial charge is 0.255 e. The first-order chi connectivity index (χ1) is 11.2. The Hall–Kier alpha value is -2.54. The second kappa shape index (κ2) is 6.70. The third-order valence-corrected chi connectivity index (χ3v) is 4.02. The van der Waals surface area contributed by atoms with Gasteiger partial charge in [0.2, 0.25) is 0 Å². The molecule has 1 amide bonds. The summed E-state index contributed by atoms with van der Waals surface area (Å²) in [7, 11) is 1.64. The number of aromatic amines is 1. The van der Waals surface area contributed by atoms with Gasteiger partial charge in [-0.2, -0.15) is 0 Å². The van der Waals surface area contributed by atoms with Crippen molar-refractivity contribution in [3.63, 3.8) is 0 Å². The lowest BCUT2D eigenvalue weighted by atomic mass is 10.2. The third kappa shape index (κ3) is 3.45. The molecule has 23 heavy (non-hydrogen) atoms. The van der Waals surface area contributed by atoms with Crippen LogP contribution in [0.2, 0.25) is 0 Å². The van der Waals surface area contributed by atoms with Crippen molar-refractivity contribution in [1.29, 1.82) is 0 Å². The van der Waals surface area contributed by atoms with Crippen LogP contribution < -0.4 is 15.0 Å². The minimum atomic E-state index is -1.22. The Kier molecular flexibility index (Phi) is 4.47. The van der Waals surface area contributed by atoms with Crippen molar-refractivity contribution in [3.05, 3.63) is 42.5 Å². The van der Waals surface area contributed by atoms with E-state index in [0.29, 0.717) is 12.2 Å². The predicted molar refractivity (Wildman–Crippen MR) is 85.3 cm³/mol. The first-order valence-electron chi connectivity index (χ1n) is 7.53. The summed E-state index contributed by atoms with van der Waals surface area (Å²) in [5, 5.41) is 12.9. The van der Waals surface area contributed by atoms with Gasteiger partial charge in [0.1, 0.15) is 5.75 Å². The van der Waals surface area contributed by atoms with Gasteiger partial charge in [0, 0.05) is 30.9 Å². The number of nitrogens with one attached hydrogen (secondary N) is 2. The number of aliphatic hydroxyl groups is 1. The van der Waals surface area contributed by atoms with Crippen molar-refractivity contribution in [2.24, 2.45) is 0 Å². The molecule has 1 fully saturated rings. The molecule has 2 unspecified atom stereocenters. The van der Waals surface area contributed by atoms with Gasteiger partial charge >= 0.3 is 0 Å². The van der Waals surface area contributed by atoms with Crippen molar-refractivity contribution in [3.8, 4) is 5.75 Å². The van der Waals surface area contributed by atoms with Crippen LogP contribution in [0.25, 0.3) is 0 Å². The quantitative estimate of drug-likeness (QED) is 0.761. The number of nitrogens with zero attached hydrogens (tertiary/aromatic N) is 2. The summed E-state index contributed by atoms with van der Waals surface area (Å²) < 4.78 is 5.24. The highest BCUT2D eigenvalue weighted by molar-refractivity contribution is 5.81. The molecule has 1 saturated heterocycles. The van der Waals surface area contributed by atoms with E-state index in [1.165, 1.54) is 12.5 Å². The van der Waals surface area contributed by atoms with Crippen molar-refractivity contribution in [2.75, 3.05) is 25.1 Å². The number of hydrogen-bond acceptors (Lipinski definition) is 5. The number of carbonyl (C=O) groups excluding carboxylic acids is 1. The van der Waals surface area contributed by atoms with E-state index in [4.69, 9.17) is 4.74 Å². The number of aromatic nitrogens is 2. The van der Waals surface area contributed by atoms with Gasteiger partial charge in [0.25, 0.3) is 5.91 Å². The molecule has 0 spiro atoms. The van der Waals surface area contributed by atoms with Crippen molar-refractivity contribution in [1.82, 2.24) is 15.3 Å². The fraction of sp³-hybridized carbons (Fsp3) is 0.375. The zero-order valence-corrected chi connectivity index (χ0v) is 12.9. The Morgan fingerprint density at radius 2 is 2.43 bits per heavy atom. The molecule has 1 aliphatic heterocycles. The van der Waals surface area contributed by atoms with Crippen LogP contribution in [0.4, 0.5) is 5.69 Å². The minimum Gasteiger partial charge on any atom is -0.497 e. The number of aliphatic hydroxyl groups excluding tert-OH is 1. The monoisotopic (exact) mass is 316 g/mol. The van der Waals surface area contributed by atoms with Gasteiger partial charge in [-0.05, 0) is 18.6 Å². The van der Waals surface area contributed by atoms with E-state index in [0.717, 1.165) is 24.4 Å². The fourth-order valence-electron chi connectivity index (χ4n) is 2.76. The maximum absolute atomic E-state index is 12.1. The molecule has 7 heteroatoms. The summed E-state index contributed by atoms with van der Waals surface area (Å²) >= 11 is 0. The largest absolute Gasteiger partial charge is 0.497 e. The third-order valence-electron chi connectivity index (χ3n) is 4.02. The Morgan fingerprint density at radius 3 is 3.17 bits per heavy atom. The van der Waals surface area contributed by atoms with E-state index < -0.39 is 12.0 Å². The lowest BCUT2D eigenvalue weighted by molar-refractivity contribution is -0.130. The van der Waals surface area contributed by atoms with Gasteiger partial charge in [0.15, 0.2) is 6.10 Å². The maximum Gasteiger partial charge on any atom is 0.255 e. The van der Waals surface area contributed by atoms with Gasteiger partial charge in [-0.3, -0.25) is 4.79 Å². The lowest BCUT2D eigenvalue weighted by Gasteiger charge is -2.20. The molecule has 2 heterocycles. The van der Waals surface area contributed by atoms with Gasteiger partial charge in [-0.1, -0.05) is 6.07 Å². The number of imidazole rings is 1. The van der Waals surface area contributed by atoms with Gasteiger partial charge in [-0.15, -0.1) is 0 Å². The predicted octanol–water partition coefficient (Wildman–Crippen LogP) is 0.847. The van der Waals surface area contributed by atoms with E-state index >= 15 is 0 Å². The van der Waals surface area contributed by atoms with Crippen LogP contribution in [0.1, 0.15) is 18.2 Å². The molecule has 0 radical (unpaired) electrons. The zero-order chi connectivity index (χ0) is 16.2. The summed E-state index contributed by atoms with van der Waals surface area (Å²) in [5.74, 6) is 0.399. The average Bonchev–Trinajstić information content (AvgIpc) is 3.26. The summed E-state index contributed by atoms with van der Waals surface area (Å²) in [6.07, 6.45) is 2.50. The van der Waals surface area contributed by atoms with Crippen LogP contribution in [-0.2, 0) is 4.79 Å². The van der Waals surface area contributed by atoms with Crippen LogP contribution in [0.3, 0.4) is 0 Å². The molecule has 2 aromatic rings. The molecule has 7 nitrogen and oxygen atoms in total. The van der Waals surface area contributed by atoms with E-state index in [1.54, 1.807) is 7.11 Å². The van der Waals surface area contributed by atoms with E-state index in [9.17, 15) is 9.90 Å². The first-order valence-corrected chi connectivity index (χ1v) is 7.53. The Morgan fingerprint density at radius 1 is 1.57 bits per heavy atom. The molecular formula is C16H20N4O3. The molecule has 1 aliphatic rings. The highest BCUT2D eigenvalue weighted by Crippen LogP contribution is 2.24. The number of methoxy groups -OCH3 is 1. The SMILES string of the molecule is COc1cccc(N2CCC(NC(=O)C(O)c3cnc[nH]3)C2)c1. The molecule has 0 aliphatic carbocycles. The Labute approximate surface area is 134 Å². The lowest BCUT2D eigenvalue weighted by Crippen LogP contribution is -2.40. The number of amides is 1. The minimum absolute atomic E-state index is 0.00581. The van der Waals surface area contributed by atoms with E-state index in [1.807, 2.05) is 24.3 Å². The molecule has 3 rings (SSSR count). The molecule has 1 aromatic heterocycles. The molecule has 0 saturated carbocycles. The maximum atomic E-state index is 12.1. The normalized spacial score (nSPS) is 18.7. The van der Waals surface area contributed by atoms with Crippen LogP contribution in [0.5, 0.6) is 5.75 Å². The van der Waals surface area contributed by atoms with E-state index in [-0.39, 0.29) is 6.04 Å². The summed E-state index contributed by atoms with van der Waals surface area (Å²) in [6, 6.07) is 7.85. The number of carbonyl (C=O) groups is 1. The number of rotatable bonds is 5. The van der Waals surface area contributed by atoms with Crippen molar-refractivity contribution >= 4 is 11.6 Å². The fourth-order valence-corrected chi connectivity index (χ4v) is 2.76. The number of ether oxygens (including phenoxy) is 1. The van der Waals surface area contributed by atoms with E-state index in [2.05, 4.69) is 20.2 Å². The van der Waals surface area contributed by atoms with Crippen molar-refractivity contribution < 1.29 is 14.6 Å². The summed E-state index contributed by atoms with van der Waals surface area (Å²) in [4.78, 5) is 20.8. The van der Waals surface area contributed by atoms with Crippen molar-refractivity contribution in [2.45, 2.75) is 18.6 Å². The van der Waals surface area contributed by atoms with Crippen LogP contribution in [-0.4, -0.2) is 47.2 Å². The molecule has 0 bridgehead atoms. The second-order valence-electron chi connectivity index (χ2n) is 5.55. The molecular weight excluding hydrogens is 296 g/mol. The number of anilines is 1. The first kappa shape index (κ1) is 15.4. The average molecular weight is 316 g/mol. The number of hydrogen-bond donors (Lipinski definition) is 3. The zero-order valence-electron chi connectivity index (χ0n) is 12.9. The highest BCUT2D eigenvalue weighted by atomic mass is 16.5. The van der Waals surface area contributed by atoms with Gasteiger partial charge in [-0.25, -0.2) is 4.98 Å². The summed E-state index contributed by atoms with van der Waals surface area (Å²) in [6.45, 7) is 1.55. The number of H-pyrrole nitrogens is 1. The molecule has 1 aromatic carbocycles. The topological polar surface area (TPSA) is 90.5 Å². The second-order valence-corrected chi connectivity index (χ2v) is 5.55.